The van der Waals surface area contributed by atoms with Crippen molar-refractivity contribution >= 4 is 30.7 Å². The first-order valence-electron chi connectivity index (χ1n) is 9.36. The van der Waals surface area contributed by atoms with Crippen molar-refractivity contribution in [1.29, 1.82) is 0 Å². The first-order chi connectivity index (χ1) is 12.2. The summed E-state index contributed by atoms with van der Waals surface area (Å²) >= 11 is 0. The van der Waals surface area contributed by atoms with Gasteiger partial charge in [0.2, 0.25) is 5.91 Å². The van der Waals surface area contributed by atoms with Crippen LogP contribution in [0.25, 0.3) is 0 Å². The number of aliphatic hydroxyl groups is 1. The topological polar surface area (TPSA) is 101 Å². The minimum Gasteiger partial charge on any atom is -0.388 e. The lowest BCUT2D eigenvalue weighted by atomic mass is 10.0. The third-order valence-corrected chi connectivity index (χ3v) is 5.27. The highest BCUT2D eigenvalue weighted by atomic mass is 35.5. The minimum absolute atomic E-state index is 0. The summed E-state index contributed by atoms with van der Waals surface area (Å²) in [5.41, 5.74) is 0. The molecule has 3 aliphatic heterocycles. The van der Waals surface area contributed by atoms with Crippen molar-refractivity contribution in [3.63, 3.8) is 0 Å². The summed E-state index contributed by atoms with van der Waals surface area (Å²) in [6.45, 7) is 3.71. The number of aliphatic hydroxyl groups excluding tert-OH is 1. The molecule has 10 heteroatoms. The third kappa shape index (κ3) is 6.97. The number of methoxy groups -OCH3 is 1. The molecule has 0 radical (unpaired) electrons. The SMILES string of the molecule is COCCNC(=O)C[C@@H]1C[C@H]2O[C@H](CNC3CCNCC3)[C@@H](O)[C@H]2O1.Cl.Cl. The van der Waals surface area contributed by atoms with Crippen LogP contribution in [0, 0.1) is 0 Å². The number of hydrogen-bond donors (Lipinski definition) is 4. The van der Waals surface area contributed by atoms with Gasteiger partial charge in [-0.15, -0.1) is 24.8 Å². The van der Waals surface area contributed by atoms with Gasteiger partial charge in [0, 0.05) is 32.7 Å². The van der Waals surface area contributed by atoms with Crippen molar-refractivity contribution in [1.82, 2.24) is 16.0 Å². The monoisotopic (exact) mass is 429 g/mol. The lowest BCUT2D eigenvalue weighted by molar-refractivity contribution is -0.124. The van der Waals surface area contributed by atoms with Crippen molar-refractivity contribution in [2.75, 3.05) is 39.9 Å². The molecule has 0 spiro atoms. The van der Waals surface area contributed by atoms with Gasteiger partial charge in [0.05, 0.1) is 31.3 Å². The molecule has 0 aromatic heterocycles. The van der Waals surface area contributed by atoms with Crippen LogP contribution in [0.4, 0.5) is 0 Å². The highest BCUT2D eigenvalue weighted by Gasteiger charge is 2.50. The Balaban J connectivity index is 0.00000182. The molecule has 0 bridgehead atoms. The Bertz CT molecular complexity index is 443. The van der Waals surface area contributed by atoms with Gasteiger partial charge in [0.15, 0.2) is 0 Å². The molecule has 3 fully saturated rings. The second-order valence-electron chi connectivity index (χ2n) is 7.14. The normalized spacial score (nSPS) is 33.0. The molecule has 3 heterocycles. The van der Waals surface area contributed by atoms with E-state index in [9.17, 15) is 9.90 Å². The van der Waals surface area contributed by atoms with Crippen LogP contribution in [-0.4, -0.2) is 87.5 Å². The van der Waals surface area contributed by atoms with Crippen LogP contribution in [0.2, 0.25) is 0 Å². The van der Waals surface area contributed by atoms with Crippen LogP contribution < -0.4 is 16.0 Å². The molecule has 3 rings (SSSR count). The maximum Gasteiger partial charge on any atom is 0.222 e. The molecule has 5 atom stereocenters. The minimum atomic E-state index is -0.638. The Morgan fingerprint density at radius 2 is 2.00 bits per heavy atom. The molecule has 0 aromatic carbocycles. The van der Waals surface area contributed by atoms with Gasteiger partial charge in [-0.25, -0.2) is 0 Å². The van der Waals surface area contributed by atoms with E-state index in [1.54, 1.807) is 7.11 Å². The van der Waals surface area contributed by atoms with Gasteiger partial charge in [0.25, 0.3) is 0 Å². The van der Waals surface area contributed by atoms with Crippen LogP contribution in [0.15, 0.2) is 0 Å². The van der Waals surface area contributed by atoms with E-state index in [1.807, 2.05) is 0 Å². The number of carbonyl (C=O) groups is 1. The van der Waals surface area contributed by atoms with E-state index in [0.29, 0.717) is 38.6 Å². The molecule has 0 saturated carbocycles. The number of piperidine rings is 1. The van der Waals surface area contributed by atoms with Crippen LogP contribution >= 0.6 is 24.8 Å². The second-order valence-corrected chi connectivity index (χ2v) is 7.14. The summed E-state index contributed by atoms with van der Waals surface area (Å²) in [4.78, 5) is 11.9. The zero-order valence-electron chi connectivity index (χ0n) is 15.7. The van der Waals surface area contributed by atoms with Crippen molar-refractivity contribution in [3.05, 3.63) is 0 Å². The van der Waals surface area contributed by atoms with Crippen molar-refractivity contribution in [3.8, 4) is 0 Å². The van der Waals surface area contributed by atoms with Crippen molar-refractivity contribution < 1.29 is 24.1 Å². The Labute approximate surface area is 173 Å². The van der Waals surface area contributed by atoms with Crippen molar-refractivity contribution in [2.24, 2.45) is 0 Å². The molecule has 8 nitrogen and oxygen atoms in total. The molecule has 0 aromatic rings. The van der Waals surface area contributed by atoms with Crippen LogP contribution in [-0.2, 0) is 19.0 Å². The van der Waals surface area contributed by atoms with Gasteiger partial charge < -0.3 is 35.3 Å². The fourth-order valence-electron chi connectivity index (χ4n) is 3.89. The molecule has 3 aliphatic rings. The Morgan fingerprint density at radius 3 is 2.67 bits per heavy atom. The predicted octanol–water partition coefficient (Wildman–Crippen LogP) is -0.390. The van der Waals surface area contributed by atoms with Crippen LogP contribution in [0.1, 0.15) is 25.7 Å². The van der Waals surface area contributed by atoms with Gasteiger partial charge in [-0.3, -0.25) is 4.79 Å². The summed E-state index contributed by atoms with van der Waals surface area (Å²) in [6.07, 6.45) is 1.66. The number of halogens is 2. The number of fused-ring (bicyclic) bond motifs is 1. The van der Waals surface area contributed by atoms with Gasteiger partial charge in [0.1, 0.15) is 12.2 Å². The fraction of sp³-hybridized carbons (Fsp3) is 0.941. The summed E-state index contributed by atoms with van der Waals surface area (Å²) in [6, 6.07) is 0.488. The van der Waals surface area contributed by atoms with E-state index >= 15 is 0 Å². The predicted molar refractivity (Wildman–Crippen MR) is 106 cm³/mol. The zero-order chi connectivity index (χ0) is 17.6. The standard InChI is InChI=1S/C17H31N3O5.2ClH/c1-23-7-6-19-15(21)9-12-8-13-17(24-12)16(22)14(25-13)10-20-11-2-4-18-5-3-11;;/h11-14,16-18,20,22H,2-10H2,1H3,(H,19,21);2*1H/t12-,13+,14+,16+,17-;;/m0../s1. The largest absolute Gasteiger partial charge is 0.388 e. The van der Waals surface area contributed by atoms with Gasteiger partial charge in [-0.2, -0.15) is 0 Å². The summed E-state index contributed by atoms with van der Waals surface area (Å²) in [5, 5.41) is 20.1. The van der Waals surface area contributed by atoms with E-state index in [1.165, 1.54) is 0 Å². The Morgan fingerprint density at radius 1 is 1.26 bits per heavy atom. The number of amides is 1. The number of nitrogens with one attached hydrogen (secondary N) is 3. The Hall–Kier alpha value is -0.190. The first kappa shape index (κ1) is 24.8. The van der Waals surface area contributed by atoms with Crippen molar-refractivity contribution in [2.45, 2.75) is 62.2 Å². The highest BCUT2D eigenvalue weighted by molar-refractivity contribution is 5.85. The Kier molecular flexibility index (Phi) is 11.4. The molecular formula is C17H33Cl2N3O5. The molecule has 1 amide bonds. The number of rotatable bonds is 8. The number of hydrogen-bond acceptors (Lipinski definition) is 7. The third-order valence-electron chi connectivity index (χ3n) is 5.27. The quantitative estimate of drug-likeness (QED) is 0.389. The lowest BCUT2D eigenvalue weighted by Gasteiger charge is -2.26. The smallest absolute Gasteiger partial charge is 0.222 e. The molecular weight excluding hydrogens is 397 g/mol. The second kappa shape index (κ2) is 12.4. The molecule has 4 N–H and O–H groups in total. The zero-order valence-corrected chi connectivity index (χ0v) is 17.4. The molecule has 27 heavy (non-hydrogen) atoms. The highest BCUT2D eigenvalue weighted by Crippen LogP contribution is 2.35. The maximum absolute atomic E-state index is 11.9. The van der Waals surface area contributed by atoms with Crippen LogP contribution in [0.3, 0.4) is 0 Å². The van der Waals surface area contributed by atoms with E-state index < -0.39 is 6.10 Å². The molecule has 3 saturated heterocycles. The van der Waals surface area contributed by atoms with E-state index in [-0.39, 0.29) is 55.1 Å². The molecule has 0 aliphatic carbocycles. The summed E-state index contributed by atoms with van der Waals surface area (Å²) in [7, 11) is 1.60. The summed E-state index contributed by atoms with van der Waals surface area (Å²) < 4.78 is 16.8. The first-order valence-corrected chi connectivity index (χ1v) is 9.36. The average molecular weight is 430 g/mol. The average Bonchev–Trinajstić information content (AvgIpc) is 3.13. The van der Waals surface area contributed by atoms with E-state index in [4.69, 9.17) is 14.2 Å². The number of carbonyl (C=O) groups excluding carboxylic acids is 1. The summed E-state index contributed by atoms with van der Waals surface area (Å²) in [5.74, 6) is -0.0550. The van der Waals surface area contributed by atoms with Gasteiger partial charge >= 0.3 is 0 Å². The van der Waals surface area contributed by atoms with E-state index in [2.05, 4.69) is 16.0 Å². The van der Waals surface area contributed by atoms with Gasteiger partial charge in [-0.1, -0.05) is 0 Å². The molecule has 0 unspecified atom stereocenters. The molecule has 160 valence electrons. The fourth-order valence-corrected chi connectivity index (χ4v) is 3.89. The maximum atomic E-state index is 11.9. The van der Waals surface area contributed by atoms with E-state index in [0.717, 1.165) is 25.9 Å². The lowest BCUT2D eigenvalue weighted by Crippen LogP contribution is -2.45. The van der Waals surface area contributed by atoms with Crippen LogP contribution in [0.5, 0.6) is 0 Å². The van der Waals surface area contributed by atoms with Gasteiger partial charge in [-0.05, 0) is 25.9 Å². The number of ether oxygens (including phenoxy) is 3.